The molecular weight excluding hydrogens is 521 g/mol. The molecule has 3 N–H and O–H groups in total. The van der Waals surface area contributed by atoms with Crippen LogP contribution in [-0.2, 0) is 9.59 Å². The number of anilines is 3. The summed E-state index contributed by atoms with van der Waals surface area (Å²) in [7, 11) is 5.50. The molecule has 3 rings (SSSR count). The Morgan fingerprint density at radius 2 is 2.05 bits per heavy atom. The summed E-state index contributed by atoms with van der Waals surface area (Å²) >= 11 is 0. The summed E-state index contributed by atoms with van der Waals surface area (Å²) in [6, 6.07) is 5.55. The second kappa shape index (κ2) is 15.7. The summed E-state index contributed by atoms with van der Waals surface area (Å²) in [5, 5.41) is 9.47. The molecule has 0 unspecified atom stereocenters. The lowest BCUT2D eigenvalue weighted by Gasteiger charge is -2.30. The molecule has 0 aliphatic heterocycles. The highest BCUT2D eigenvalue weighted by Crippen LogP contribution is 2.25. The minimum Gasteiger partial charge on any atom is -0.369 e. The van der Waals surface area contributed by atoms with Gasteiger partial charge in [0.05, 0.1) is 11.8 Å². The highest BCUT2D eigenvalue weighted by Gasteiger charge is 2.26. The molecular formula is C31H42FN7O2. The van der Waals surface area contributed by atoms with Gasteiger partial charge >= 0.3 is 0 Å². The smallest absolute Gasteiger partial charge is 0.246 e. The third-order valence-corrected chi connectivity index (χ3v) is 6.88. The van der Waals surface area contributed by atoms with E-state index < -0.39 is 6.04 Å². The van der Waals surface area contributed by atoms with E-state index in [0.29, 0.717) is 29.6 Å². The minimum atomic E-state index is -0.582. The van der Waals surface area contributed by atoms with E-state index in [1.807, 2.05) is 19.0 Å². The van der Waals surface area contributed by atoms with Gasteiger partial charge in [0.1, 0.15) is 17.7 Å². The van der Waals surface area contributed by atoms with Crippen LogP contribution in [0.5, 0.6) is 0 Å². The Kier molecular flexibility index (Phi) is 12.1. The van der Waals surface area contributed by atoms with Crippen molar-refractivity contribution < 1.29 is 14.0 Å². The Hall–Kier alpha value is -3.97. The molecule has 0 saturated heterocycles. The molecule has 1 aromatic carbocycles. The molecule has 0 bridgehead atoms. The normalized spacial score (nSPS) is 17.4. The standard InChI is InChI=1S/C31H42FN7O2/c1-6-17-33-29-24(21-34-31(37-29)36-27-13-8-11-25(32)20-27)16-15-23-10-7-12-26(19-23)35-30(41)22(2)39(5)28(40)14-9-18-38(3)4/h8-9,11,13-14,20-23,26H,6-7,10,12,17-19H2,1-5H3,(H,35,41)(H2,33,34,36,37)/t22-,23-,26-/m0/s1. The topological polar surface area (TPSA) is 102 Å². The summed E-state index contributed by atoms with van der Waals surface area (Å²) in [5.41, 5.74) is 1.25. The van der Waals surface area contributed by atoms with Gasteiger partial charge in [-0.15, -0.1) is 0 Å². The van der Waals surface area contributed by atoms with Crippen molar-refractivity contribution in [1.29, 1.82) is 0 Å². The van der Waals surface area contributed by atoms with Crippen molar-refractivity contribution in [3.8, 4) is 11.8 Å². The van der Waals surface area contributed by atoms with E-state index in [9.17, 15) is 14.0 Å². The number of carbonyl (C=O) groups is 2. The Labute approximate surface area is 243 Å². The Morgan fingerprint density at radius 1 is 1.24 bits per heavy atom. The van der Waals surface area contributed by atoms with Crippen LogP contribution in [0, 0.1) is 23.6 Å². The van der Waals surface area contributed by atoms with Crippen LogP contribution in [0.25, 0.3) is 0 Å². The zero-order valence-corrected chi connectivity index (χ0v) is 24.7. The number of hydrogen-bond donors (Lipinski definition) is 3. The summed E-state index contributed by atoms with van der Waals surface area (Å²) in [5.74, 6) is 6.99. The van der Waals surface area contributed by atoms with Gasteiger partial charge < -0.3 is 25.8 Å². The first-order valence-electron chi connectivity index (χ1n) is 14.2. The first kappa shape index (κ1) is 31.6. The maximum Gasteiger partial charge on any atom is 0.246 e. The number of likely N-dealkylation sites (N-methyl/N-ethyl adjacent to an activating group) is 2. The highest BCUT2D eigenvalue weighted by atomic mass is 19.1. The summed E-state index contributed by atoms with van der Waals surface area (Å²) < 4.78 is 13.6. The van der Waals surface area contributed by atoms with Gasteiger partial charge in [-0.2, -0.15) is 4.98 Å². The van der Waals surface area contributed by atoms with Crippen molar-refractivity contribution in [3.63, 3.8) is 0 Å². The highest BCUT2D eigenvalue weighted by molar-refractivity contribution is 5.92. The third-order valence-electron chi connectivity index (χ3n) is 6.88. The van der Waals surface area contributed by atoms with Gasteiger partial charge in [0.25, 0.3) is 0 Å². The number of benzene rings is 1. The fourth-order valence-corrected chi connectivity index (χ4v) is 4.41. The summed E-state index contributed by atoms with van der Waals surface area (Å²) in [6.45, 7) is 5.19. The number of rotatable bonds is 11. The van der Waals surface area contributed by atoms with E-state index in [4.69, 9.17) is 0 Å². The largest absolute Gasteiger partial charge is 0.369 e. The number of nitrogens with one attached hydrogen (secondary N) is 3. The molecule has 10 heteroatoms. The predicted octanol–water partition coefficient (Wildman–Crippen LogP) is 4.17. The number of hydrogen-bond acceptors (Lipinski definition) is 7. The Bertz CT molecular complexity index is 1270. The summed E-state index contributed by atoms with van der Waals surface area (Å²) in [6.07, 6.45) is 9.40. The van der Waals surface area contributed by atoms with Gasteiger partial charge in [-0.1, -0.05) is 37.3 Å². The van der Waals surface area contributed by atoms with Gasteiger partial charge in [0.2, 0.25) is 17.8 Å². The molecule has 1 aliphatic rings. The Morgan fingerprint density at radius 3 is 2.78 bits per heavy atom. The molecule has 9 nitrogen and oxygen atoms in total. The molecule has 2 amide bonds. The predicted molar refractivity (Wildman–Crippen MR) is 161 cm³/mol. The minimum absolute atomic E-state index is 0.00225. The SMILES string of the molecule is CCCNc1nc(Nc2cccc(F)c2)ncc1C#C[C@@H]1CCC[C@H](NC(=O)[C@H](C)N(C)C(=O)C=CCN(C)C)C1. The van der Waals surface area contributed by atoms with Crippen molar-refractivity contribution >= 4 is 29.3 Å². The first-order chi connectivity index (χ1) is 19.7. The van der Waals surface area contributed by atoms with Crippen LogP contribution in [0.1, 0.15) is 51.5 Å². The van der Waals surface area contributed by atoms with Crippen LogP contribution >= 0.6 is 0 Å². The monoisotopic (exact) mass is 563 g/mol. The van der Waals surface area contributed by atoms with Crippen molar-refractivity contribution in [2.24, 2.45) is 5.92 Å². The lowest BCUT2D eigenvalue weighted by Crippen LogP contribution is -2.49. The van der Waals surface area contributed by atoms with E-state index in [2.05, 4.69) is 44.7 Å². The molecule has 0 radical (unpaired) electrons. The molecule has 41 heavy (non-hydrogen) atoms. The zero-order valence-electron chi connectivity index (χ0n) is 24.7. The molecule has 1 heterocycles. The quantitative estimate of drug-likeness (QED) is 0.279. The average Bonchev–Trinajstić information content (AvgIpc) is 2.94. The van der Waals surface area contributed by atoms with Crippen molar-refractivity contribution in [1.82, 2.24) is 25.1 Å². The van der Waals surface area contributed by atoms with Crippen LogP contribution in [0.3, 0.4) is 0 Å². The molecule has 2 aromatic rings. The number of carbonyl (C=O) groups excluding carboxylic acids is 2. The van der Waals surface area contributed by atoms with Gasteiger partial charge in [-0.25, -0.2) is 9.37 Å². The lowest BCUT2D eigenvalue weighted by molar-refractivity contribution is -0.135. The van der Waals surface area contributed by atoms with Crippen LogP contribution in [0.15, 0.2) is 42.6 Å². The molecule has 1 fully saturated rings. The molecule has 3 atom stereocenters. The van der Waals surface area contributed by atoms with E-state index in [1.54, 1.807) is 38.4 Å². The van der Waals surface area contributed by atoms with Crippen LogP contribution in [-0.4, -0.2) is 77.9 Å². The van der Waals surface area contributed by atoms with Gasteiger partial charge in [-0.3, -0.25) is 9.59 Å². The van der Waals surface area contributed by atoms with E-state index in [1.165, 1.54) is 23.1 Å². The molecule has 220 valence electrons. The number of nitrogens with zero attached hydrogens (tertiary/aromatic N) is 4. The average molecular weight is 564 g/mol. The molecule has 1 aromatic heterocycles. The first-order valence-corrected chi connectivity index (χ1v) is 14.2. The molecule has 0 spiro atoms. The fraction of sp³-hybridized carbons (Fsp3) is 0.484. The van der Waals surface area contributed by atoms with Crippen molar-refractivity contribution in [2.75, 3.05) is 44.9 Å². The van der Waals surface area contributed by atoms with Gasteiger partial charge in [0.15, 0.2) is 0 Å². The van der Waals surface area contributed by atoms with Crippen molar-refractivity contribution in [3.05, 3.63) is 54.0 Å². The van der Waals surface area contributed by atoms with Crippen LogP contribution in [0.4, 0.5) is 21.8 Å². The maximum absolute atomic E-state index is 13.6. The number of aromatic nitrogens is 2. The number of halogens is 1. The molecule has 1 aliphatic carbocycles. The zero-order chi connectivity index (χ0) is 29.8. The van der Waals surface area contributed by atoms with E-state index in [-0.39, 0.29) is 29.6 Å². The van der Waals surface area contributed by atoms with Crippen LogP contribution < -0.4 is 16.0 Å². The summed E-state index contributed by atoms with van der Waals surface area (Å²) in [4.78, 5) is 37.7. The van der Waals surface area contributed by atoms with E-state index in [0.717, 1.165) is 38.6 Å². The fourth-order valence-electron chi connectivity index (χ4n) is 4.41. The maximum atomic E-state index is 13.6. The molecule has 1 saturated carbocycles. The van der Waals surface area contributed by atoms with E-state index >= 15 is 0 Å². The second-order valence-corrected chi connectivity index (χ2v) is 10.6. The van der Waals surface area contributed by atoms with Crippen molar-refractivity contribution in [2.45, 2.75) is 58.0 Å². The van der Waals surface area contributed by atoms with Gasteiger partial charge in [0, 0.05) is 43.9 Å². The number of amides is 2. The lowest BCUT2D eigenvalue weighted by atomic mass is 9.86. The Balaban J connectivity index is 1.62. The van der Waals surface area contributed by atoms with Crippen LogP contribution in [0.2, 0.25) is 0 Å². The van der Waals surface area contributed by atoms with Gasteiger partial charge in [-0.05, 0) is 64.9 Å². The second-order valence-electron chi connectivity index (χ2n) is 10.6. The third kappa shape index (κ3) is 10.2.